The number of amides is 1. The molecule has 0 spiro atoms. The summed E-state index contributed by atoms with van der Waals surface area (Å²) in [7, 11) is 4.48. The lowest BCUT2D eigenvalue weighted by Gasteiger charge is -2.10. The average molecular weight is 278 g/mol. The monoisotopic (exact) mass is 278 g/mol. The van der Waals surface area contributed by atoms with Crippen LogP contribution in [-0.4, -0.2) is 37.3 Å². The average Bonchev–Trinajstić information content (AvgIpc) is 2.95. The van der Waals surface area contributed by atoms with Gasteiger partial charge in [0.25, 0.3) is 17.6 Å². The molecule has 106 valence electrons. The predicted octanol–water partition coefficient (Wildman–Crippen LogP) is 0.696. The van der Waals surface area contributed by atoms with Crippen LogP contribution >= 0.6 is 0 Å². The molecule has 0 aliphatic carbocycles. The van der Waals surface area contributed by atoms with E-state index in [4.69, 9.17) is 19.7 Å². The molecular formula is C12H14N4O4. The van der Waals surface area contributed by atoms with Crippen LogP contribution in [0.15, 0.2) is 16.7 Å². The fraction of sp³-hybridized carbons (Fsp3) is 0.250. The van der Waals surface area contributed by atoms with E-state index in [0.29, 0.717) is 22.7 Å². The number of nitrogens with two attached hydrogens (primary N) is 1. The Labute approximate surface area is 114 Å². The van der Waals surface area contributed by atoms with Crippen LogP contribution in [-0.2, 0) is 0 Å². The third kappa shape index (κ3) is 2.35. The van der Waals surface area contributed by atoms with E-state index in [1.807, 2.05) is 0 Å². The number of ether oxygens (including phenoxy) is 2. The Hall–Kier alpha value is -2.77. The molecular weight excluding hydrogens is 264 g/mol. The first-order valence-corrected chi connectivity index (χ1v) is 5.68. The minimum Gasteiger partial charge on any atom is -0.493 e. The second kappa shape index (κ2) is 5.47. The van der Waals surface area contributed by atoms with Gasteiger partial charge in [0.2, 0.25) is 0 Å². The van der Waals surface area contributed by atoms with Crippen molar-refractivity contribution >= 4 is 11.6 Å². The Kier molecular flexibility index (Phi) is 3.74. The zero-order valence-electron chi connectivity index (χ0n) is 11.3. The third-order valence-corrected chi connectivity index (χ3v) is 2.64. The van der Waals surface area contributed by atoms with Gasteiger partial charge >= 0.3 is 0 Å². The summed E-state index contributed by atoms with van der Waals surface area (Å²) in [5.74, 6) is 0.564. The van der Waals surface area contributed by atoms with Gasteiger partial charge in [-0.2, -0.15) is 4.98 Å². The molecule has 2 rings (SSSR count). The fourth-order valence-electron chi connectivity index (χ4n) is 1.62. The van der Waals surface area contributed by atoms with Crippen molar-refractivity contribution in [3.63, 3.8) is 0 Å². The number of rotatable bonds is 4. The summed E-state index contributed by atoms with van der Waals surface area (Å²) >= 11 is 0. The van der Waals surface area contributed by atoms with Gasteiger partial charge in [-0.05, 0) is 6.07 Å². The number of carbonyl (C=O) groups is 1. The standard InChI is InChI=1S/C12H14N4O4/c1-14-11(17)10-15-12(20-16-10)6-4-8(18-2)9(19-3)5-7(6)13/h4-5H,13H2,1-3H3,(H,14,17). The normalized spacial score (nSPS) is 10.2. The second-order valence-electron chi connectivity index (χ2n) is 3.80. The van der Waals surface area contributed by atoms with E-state index >= 15 is 0 Å². The van der Waals surface area contributed by atoms with Gasteiger partial charge < -0.3 is 25.0 Å². The molecule has 0 saturated carbocycles. The van der Waals surface area contributed by atoms with Crippen molar-refractivity contribution in [2.45, 2.75) is 0 Å². The molecule has 8 nitrogen and oxygen atoms in total. The number of aromatic nitrogens is 2. The quantitative estimate of drug-likeness (QED) is 0.791. The summed E-state index contributed by atoms with van der Waals surface area (Å²) in [6.45, 7) is 0. The van der Waals surface area contributed by atoms with Crippen molar-refractivity contribution in [1.82, 2.24) is 15.5 Å². The molecule has 0 atom stereocenters. The van der Waals surface area contributed by atoms with Crippen LogP contribution in [0.5, 0.6) is 11.5 Å². The first kappa shape index (κ1) is 13.7. The van der Waals surface area contributed by atoms with E-state index in [2.05, 4.69) is 15.5 Å². The van der Waals surface area contributed by atoms with Gasteiger partial charge in [0.1, 0.15) is 0 Å². The Morgan fingerprint density at radius 1 is 1.30 bits per heavy atom. The Balaban J connectivity index is 2.47. The number of carbonyl (C=O) groups excluding carboxylic acids is 1. The molecule has 0 unspecified atom stereocenters. The smallest absolute Gasteiger partial charge is 0.292 e. The summed E-state index contributed by atoms with van der Waals surface area (Å²) < 4.78 is 15.3. The highest BCUT2D eigenvalue weighted by atomic mass is 16.5. The van der Waals surface area contributed by atoms with E-state index in [1.165, 1.54) is 21.3 Å². The molecule has 1 heterocycles. The number of nitrogens with one attached hydrogen (secondary N) is 1. The molecule has 2 aromatic rings. The van der Waals surface area contributed by atoms with Crippen molar-refractivity contribution < 1.29 is 18.8 Å². The summed E-state index contributed by atoms with van der Waals surface area (Å²) in [5, 5.41) is 5.98. The van der Waals surface area contributed by atoms with Crippen LogP contribution in [0.3, 0.4) is 0 Å². The molecule has 1 amide bonds. The van der Waals surface area contributed by atoms with Gasteiger partial charge in [-0.15, -0.1) is 0 Å². The van der Waals surface area contributed by atoms with Crippen LogP contribution < -0.4 is 20.5 Å². The molecule has 0 aliphatic rings. The molecule has 1 aromatic heterocycles. The summed E-state index contributed by atoms with van der Waals surface area (Å²) in [4.78, 5) is 15.4. The first-order chi connectivity index (χ1) is 9.60. The minimum atomic E-state index is -0.445. The maximum Gasteiger partial charge on any atom is 0.292 e. The van der Waals surface area contributed by atoms with E-state index < -0.39 is 5.91 Å². The van der Waals surface area contributed by atoms with Crippen molar-refractivity contribution in [3.05, 3.63) is 18.0 Å². The van der Waals surface area contributed by atoms with Crippen LogP contribution in [0.2, 0.25) is 0 Å². The first-order valence-electron chi connectivity index (χ1n) is 5.68. The molecule has 20 heavy (non-hydrogen) atoms. The maximum absolute atomic E-state index is 11.4. The number of hydrogen-bond donors (Lipinski definition) is 2. The van der Waals surface area contributed by atoms with Crippen LogP contribution in [0, 0.1) is 0 Å². The zero-order valence-corrected chi connectivity index (χ0v) is 11.3. The highest BCUT2D eigenvalue weighted by Crippen LogP contribution is 2.36. The second-order valence-corrected chi connectivity index (χ2v) is 3.80. The predicted molar refractivity (Wildman–Crippen MR) is 70.6 cm³/mol. The SMILES string of the molecule is CNC(=O)c1noc(-c2cc(OC)c(OC)cc2N)n1. The number of anilines is 1. The number of hydrogen-bond acceptors (Lipinski definition) is 7. The highest BCUT2D eigenvalue weighted by Gasteiger charge is 2.18. The Bertz CT molecular complexity index is 638. The van der Waals surface area contributed by atoms with Crippen molar-refractivity contribution in [1.29, 1.82) is 0 Å². The largest absolute Gasteiger partial charge is 0.493 e. The summed E-state index contributed by atoms with van der Waals surface area (Å²) in [5.41, 5.74) is 6.74. The number of nitrogens with zero attached hydrogens (tertiary/aromatic N) is 2. The molecule has 3 N–H and O–H groups in total. The summed E-state index contributed by atoms with van der Waals surface area (Å²) in [6, 6.07) is 3.19. The number of nitrogen functional groups attached to an aromatic ring is 1. The van der Waals surface area contributed by atoms with E-state index in [9.17, 15) is 4.79 Å². The van der Waals surface area contributed by atoms with E-state index in [0.717, 1.165) is 0 Å². The molecule has 0 fully saturated rings. The third-order valence-electron chi connectivity index (χ3n) is 2.64. The molecule has 0 saturated heterocycles. The Morgan fingerprint density at radius 2 is 1.95 bits per heavy atom. The minimum absolute atomic E-state index is 0.0725. The maximum atomic E-state index is 11.4. The van der Waals surface area contributed by atoms with Gasteiger partial charge in [-0.25, -0.2) is 0 Å². The van der Waals surface area contributed by atoms with Crippen molar-refractivity contribution in [3.8, 4) is 23.0 Å². The van der Waals surface area contributed by atoms with Crippen LogP contribution in [0.25, 0.3) is 11.5 Å². The van der Waals surface area contributed by atoms with Crippen molar-refractivity contribution in [2.75, 3.05) is 27.0 Å². The number of methoxy groups -OCH3 is 2. The van der Waals surface area contributed by atoms with Gasteiger partial charge in [-0.1, -0.05) is 5.16 Å². The lowest BCUT2D eigenvalue weighted by Crippen LogP contribution is -2.19. The van der Waals surface area contributed by atoms with E-state index in [1.54, 1.807) is 12.1 Å². The van der Waals surface area contributed by atoms with Gasteiger partial charge in [-0.3, -0.25) is 4.79 Å². The summed E-state index contributed by atoms with van der Waals surface area (Å²) in [6.07, 6.45) is 0. The van der Waals surface area contributed by atoms with Gasteiger partial charge in [0.05, 0.1) is 19.8 Å². The van der Waals surface area contributed by atoms with Crippen molar-refractivity contribution in [2.24, 2.45) is 0 Å². The van der Waals surface area contributed by atoms with E-state index in [-0.39, 0.29) is 11.7 Å². The topological polar surface area (TPSA) is 112 Å². The number of benzene rings is 1. The molecule has 0 aliphatic heterocycles. The molecule has 8 heteroatoms. The Morgan fingerprint density at radius 3 is 2.55 bits per heavy atom. The zero-order chi connectivity index (χ0) is 14.7. The van der Waals surface area contributed by atoms with Crippen LogP contribution in [0.4, 0.5) is 5.69 Å². The lowest BCUT2D eigenvalue weighted by molar-refractivity contribution is 0.0950. The molecule has 1 aromatic carbocycles. The van der Waals surface area contributed by atoms with Gasteiger partial charge in [0.15, 0.2) is 11.5 Å². The highest BCUT2D eigenvalue weighted by molar-refractivity contribution is 5.90. The fourth-order valence-corrected chi connectivity index (χ4v) is 1.62. The van der Waals surface area contributed by atoms with Crippen LogP contribution in [0.1, 0.15) is 10.6 Å². The molecule has 0 bridgehead atoms. The molecule has 0 radical (unpaired) electrons. The van der Waals surface area contributed by atoms with Gasteiger partial charge in [0, 0.05) is 18.8 Å². The lowest BCUT2D eigenvalue weighted by atomic mass is 10.1.